The Kier molecular flexibility index (Phi) is 5.69. The summed E-state index contributed by atoms with van der Waals surface area (Å²) < 4.78 is 33.0. The van der Waals surface area contributed by atoms with E-state index in [1.54, 1.807) is 6.07 Å². The van der Waals surface area contributed by atoms with Gasteiger partial charge in [0.2, 0.25) is 5.75 Å². The van der Waals surface area contributed by atoms with E-state index in [4.69, 9.17) is 10.00 Å². The van der Waals surface area contributed by atoms with Crippen molar-refractivity contribution in [1.29, 1.82) is 5.26 Å². The van der Waals surface area contributed by atoms with Gasteiger partial charge >= 0.3 is 6.09 Å². The van der Waals surface area contributed by atoms with Gasteiger partial charge in [0.25, 0.3) is 0 Å². The highest BCUT2D eigenvalue weighted by Crippen LogP contribution is 2.30. The molecule has 2 saturated heterocycles. The number of likely N-dealkylation sites (tertiary alicyclic amines) is 1. The standard InChI is InChI=1S/C18H21F2N3O3/c19-14-6-11(9-21)7-15(20)17(14)26-18(25)23-5-3-13(24)8-16(23)12-2-1-4-22-10-12/h6-7,12-13,16,22,24H,1-5,8,10H2. The van der Waals surface area contributed by atoms with Crippen LogP contribution in [0.25, 0.3) is 0 Å². The highest BCUT2D eigenvalue weighted by Gasteiger charge is 2.38. The minimum Gasteiger partial charge on any atom is -0.404 e. The molecule has 140 valence electrons. The molecular formula is C18H21F2N3O3. The number of nitriles is 1. The number of hydrogen-bond acceptors (Lipinski definition) is 5. The van der Waals surface area contributed by atoms with Gasteiger partial charge in [0.05, 0.1) is 17.7 Å². The summed E-state index contributed by atoms with van der Waals surface area (Å²) in [6.45, 7) is 1.90. The third-order valence-corrected chi connectivity index (χ3v) is 5.05. The smallest absolute Gasteiger partial charge is 0.404 e. The van der Waals surface area contributed by atoms with Crippen molar-refractivity contribution < 1.29 is 23.4 Å². The van der Waals surface area contributed by atoms with Crippen LogP contribution in [0.15, 0.2) is 12.1 Å². The fourth-order valence-electron chi connectivity index (χ4n) is 3.73. The Labute approximate surface area is 150 Å². The van der Waals surface area contributed by atoms with Gasteiger partial charge in [0.15, 0.2) is 11.6 Å². The molecule has 0 aliphatic carbocycles. The summed E-state index contributed by atoms with van der Waals surface area (Å²) >= 11 is 0. The van der Waals surface area contributed by atoms with Crippen molar-refractivity contribution in [1.82, 2.24) is 10.2 Å². The first-order chi connectivity index (χ1) is 12.5. The Morgan fingerprint density at radius 3 is 2.69 bits per heavy atom. The Balaban J connectivity index is 1.78. The molecule has 26 heavy (non-hydrogen) atoms. The molecule has 3 unspecified atom stereocenters. The van der Waals surface area contributed by atoms with Crippen LogP contribution < -0.4 is 10.1 Å². The van der Waals surface area contributed by atoms with Gasteiger partial charge in [-0.05, 0) is 56.8 Å². The molecule has 2 aliphatic rings. The van der Waals surface area contributed by atoms with Gasteiger partial charge in [-0.15, -0.1) is 0 Å². The molecule has 1 amide bonds. The number of rotatable bonds is 2. The molecule has 0 bridgehead atoms. The lowest BCUT2D eigenvalue weighted by atomic mass is 9.84. The number of piperidine rings is 2. The van der Waals surface area contributed by atoms with E-state index in [2.05, 4.69) is 5.32 Å². The van der Waals surface area contributed by atoms with Gasteiger partial charge in [-0.3, -0.25) is 0 Å². The molecule has 3 atom stereocenters. The minimum absolute atomic E-state index is 0.155. The molecule has 6 nitrogen and oxygen atoms in total. The molecule has 1 aromatic carbocycles. The number of hydrogen-bond donors (Lipinski definition) is 2. The van der Waals surface area contributed by atoms with E-state index in [1.807, 2.05) is 0 Å². The Morgan fingerprint density at radius 2 is 2.08 bits per heavy atom. The summed E-state index contributed by atoms with van der Waals surface area (Å²) in [5.41, 5.74) is -0.188. The molecule has 2 aliphatic heterocycles. The largest absolute Gasteiger partial charge is 0.415 e. The zero-order valence-electron chi connectivity index (χ0n) is 14.3. The zero-order valence-corrected chi connectivity index (χ0v) is 14.3. The highest BCUT2D eigenvalue weighted by molar-refractivity contribution is 5.71. The summed E-state index contributed by atoms with van der Waals surface area (Å²) in [6.07, 6.45) is 1.35. The van der Waals surface area contributed by atoms with Crippen LogP contribution in [0.3, 0.4) is 0 Å². The molecular weight excluding hydrogens is 344 g/mol. The van der Waals surface area contributed by atoms with E-state index in [0.717, 1.165) is 38.1 Å². The van der Waals surface area contributed by atoms with Crippen LogP contribution in [0.1, 0.15) is 31.2 Å². The molecule has 2 N–H and O–H groups in total. The van der Waals surface area contributed by atoms with Gasteiger partial charge in [0.1, 0.15) is 0 Å². The number of ether oxygens (including phenoxy) is 1. The second-order valence-corrected chi connectivity index (χ2v) is 6.79. The van der Waals surface area contributed by atoms with Gasteiger partial charge < -0.3 is 20.1 Å². The van der Waals surface area contributed by atoms with Crippen molar-refractivity contribution in [3.05, 3.63) is 29.3 Å². The number of amides is 1. The van der Waals surface area contributed by atoms with Gasteiger partial charge in [-0.25, -0.2) is 13.6 Å². The number of halogens is 2. The first-order valence-corrected chi connectivity index (χ1v) is 8.76. The summed E-state index contributed by atoms with van der Waals surface area (Å²) in [7, 11) is 0. The van der Waals surface area contributed by atoms with E-state index >= 15 is 0 Å². The van der Waals surface area contributed by atoms with Crippen molar-refractivity contribution in [2.75, 3.05) is 19.6 Å². The Bertz CT molecular complexity index is 693. The second kappa shape index (κ2) is 7.98. The molecule has 2 fully saturated rings. The summed E-state index contributed by atoms with van der Waals surface area (Å²) in [4.78, 5) is 14.0. The summed E-state index contributed by atoms with van der Waals surface area (Å²) in [5, 5.41) is 22.0. The molecule has 8 heteroatoms. The average molecular weight is 365 g/mol. The molecule has 0 aromatic heterocycles. The van der Waals surface area contributed by atoms with Gasteiger partial charge in [0, 0.05) is 12.6 Å². The van der Waals surface area contributed by atoms with Crippen LogP contribution in [0.4, 0.5) is 13.6 Å². The van der Waals surface area contributed by atoms with Crippen LogP contribution in [-0.2, 0) is 0 Å². The molecule has 1 aromatic rings. The van der Waals surface area contributed by atoms with Gasteiger partial charge in [-0.2, -0.15) is 5.26 Å². The zero-order chi connectivity index (χ0) is 18.7. The average Bonchev–Trinajstić information content (AvgIpc) is 2.65. The lowest BCUT2D eigenvalue weighted by Gasteiger charge is -2.42. The van der Waals surface area contributed by atoms with Crippen molar-refractivity contribution in [3.63, 3.8) is 0 Å². The highest BCUT2D eigenvalue weighted by atomic mass is 19.1. The SMILES string of the molecule is N#Cc1cc(F)c(OC(=O)N2CCC(O)CC2C2CCCNC2)c(F)c1. The predicted molar refractivity (Wildman–Crippen MR) is 88.4 cm³/mol. The number of aliphatic hydroxyl groups excluding tert-OH is 1. The third kappa shape index (κ3) is 3.94. The van der Waals surface area contributed by atoms with Crippen LogP contribution in [0.2, 0.25) is 0 Å². The van der Waals surface area contributed by atoms with Crippen LogP contribution >= 0.6 is 0 Å². The van der Waals surface area contributed by atoms with Crippen LogP contribution in [-0.4, -0.2) is 47.9 Å². The van der Waals surface area contributed by atoms with Crippen LogP contribution in [0.5, 0.6) is 5.75 Å². The van der Waals surface area contributed by atoms with Crippen molar-refractivity contribution in [2.45, 2.75) is 37.8 Å². The van der Waals surface area contributed by atoms with Crippen molar-refractivity contribution in [2.24, 2.45) is 5.92 Å². The normalized spacial score (nSPS) is 26.2. The third-order valence-electron chi connectivity index (χ3n) is 5.05. The molecule has 0 spiro atoms. The topological polar surface area (TPSA) is 85.6 Å². The van der Waals surface area contributed by atoms with E-state index in [9.17, 15) is 18.7 Å². The maximum Gasteiger partial charge on any atom is 0.415 e. The number of carbonyl (C=O) groups is 1. The summed E-state index contributed by atoms with van der Waals surface area (Å²) in [5.74, 6) is -2.84. The molecule has 0 saturated carbocycles. The minimum atomic E-state index is -1.09. The fraction of sp³-hybridized carbons (Fsp3) is 0.556. The molecule has 3 rings (SSSR count). The number of benzene rings is 1. The lowest BCUT2D eigenvalue weighted by molar-refractivity contribution is 0.0192. The van der Waals surface area contributed by atoms with E-state index < -0.39 is 29.6 Å². The number of nitrogens with one attached hydrogen (secondary N) is 1. The number of aliphatic hydroxyl groups is 1. The number of nitrogens with zero attached hydrogens (tertiary/aromatic N) is 2. The monoisotopic (exact) mass is 365 g/mol. The maximum absolute atomic E-state index is 14.0. The quantitative estimate of drug-likeness (QED) is 0.839. The Morgan fingerprint density at radius 1 is 1.35 bits per heavy atom. The number of carbonyl (C=O) groups excluding carboxylic acids is 1. The maximum atomic E-state index is 14.0. The molecule has 0 radical (unpaired) electrons. The first-order valence-electron chi connectivity index (χ1n) is 8.76. The van der Waals surface area contributed by atoms with E-state index in [0.29, 0.717) is 12.8 Å². The van der Waals surface area contributed by atoms with Gasteiger partial charge in [-0.1, -0.05) is 0 Å². The predicted octanol–water partition coefficient (Wildman–Crippen LogP) is 2.16. The van der Waals surface area contributed by atoms with Crippen LogP contribution in [0, 0.1) is 28.9 Å². The van der Waals surface area contributed by atoms with E-state index in [-0.39, 0.29) is 24.1 Å². The second-order valence-electron chi connectivity index (χ2n) is 6.79. The van der Waals surface area contributed by atoms with E-state index in [1.165, 1.54) is 4.90 Å². The molecule has 2 heterocycles. The lowest BCUT2D eigenvalue weighted by Crippen LogP contribution is -2.54. The van der Waals surface area contributed by atoms with Crippen molar-refractivity contribution >= 4 is 6.09 Å². The Hall–Kier alpha value is -2.24. The van der Waals surface area contributed by atoms with Crippen molar-refractivity contribution in [3.8, 4) is 11.8 Å². The fourth-order valence-corrected chi connectivity index (χ4v) is 3.73. The summed E-state index contributed by atoms with van der Waals surface area (Å²) in [6, 6.07) is 3.05. The first kappa shape index (κ1) is 18.5.